The normalized spacial score (nSPS) is 11.6. The summed E-state index contributed by atoms with van der Waals surface area (Å²) in [6.45, 7) is 6.20. The molecular weight excluding hydrogens is 250 g/mol. The van der Waals surface area contributed by atoms with E-state index in [1.807, 2.05) is 6.92 Å². The predicted molar refractivity (Wildman–Crippen MR) is 75.0 cm³/mol. The van der Waals surface area contributed by atoms with E-state index in [0.29, 0.717) is 12.2 Å². The molecule has 0 saturated carbocycles. The van der Waals surface area contributed by atoms with Gasteiger partial charge in [0.15, 0.2) is 0 Å². The number of hydrogen-bond donors (Lipinski definition) is 2. The molecule has 1 aromatic carbocycles. The Morgan fingerprint density at radius 2 is 2.06 bits per heavy atom. The highest BCUT2D eigenvalue weighted by Gasteiger charge is 2.21. The van der Waals surface area contributed by atoms with Crippen molar-refractivity contribution in [2.45, 2.75) is 11.8 Å². The summed E-state index contributed by atoms with van der Waals surface area (Å²) in [5.74, 6) is 0. The van der Waals surface area contributed by atoms with Gasteiger partial charge in [0.2, 0.25) is 10.0 Å². The lowest BCUT2D eigenvalue weighted by Gasteiger charge is -2.16. The van der Waals surface area contributed by atoms with Gasteiger partial charge in [-0.1, -0.05) is 18.2 Å². The zero-order valence-corrected chi connectivity index (χ0v) is 11.7. The highest BCUT2D eigenvalue weighted by molar-refractivity contribution is 7.89. The van der Waals surface area contributed by atoms with Crippen molar-refractivity contribution in [2.75, 3.05) is 31.7 Å². The molecule has 100 valence electrons. The molecule has 0 aliphatic rings. The topological polar surface area (TPSA) is 75.4 Å². The molecule has 5 nitrogen and oxygen atoms in total. The average Bonchev–Trinajstić information content (AvgIpc) is 2.27. The molecule has 6 heteroatoms. The molecule has 0 amide bonds. The van der Waals surface area contributed by atoms with E-state index in [1.165, 1.54) is 20.2 Å². The summed E-state index contributed by atoms with van der Waals surface area (Å²) < 4.78 is 25.2. The van der Waals surface area contributed by atoms with Crippen molar-refractivity contribution < 1.29 is 8.42 Å². The number of nitrogen functional groups attached to an aromatic ring is 1. The third kappa shape index (κ3) is 3.02. The number of para-hydroxylation sites is 1. The van der Waals surface area contributed by atoms with Gasteiger partial charge in [-0.2, -0.15) is 0 Å². The number of nitrogens with one attached hydrogen (secondary N) is 1. The van der Waals surface area contributed by atoms with Crippen molar-refractivity contribution in [3.05, 3.63) is 30.4 Å². The van der Waals surface area contributed by atoms with Crippen molar-refractivity contribution in [1.29, 1.82) is 0 Å². The molecule has 0 heterocycles. The maximum absolute atomic E-state index is 12.0. The van der Waals surface area contributed by atoms with E-state index in [2.05, 4.69) is 11.9 Å². The van der Waals surface area contributed by atoms with Crippen molar-refractivity contribution in [2.24, 2.45) is 0 Å². The van der Waals surface area contributed by atoms with Crippen LogP contribution in [0.4, 0.5) is 11.4 Å². The minimum absolute atomic E-state index is 0.110. The maximum atomic E-state index is 12.0. The molecule has 0 unspecified atom stereocenters. The summed E-state index contributed by atoms with van der Waals surface area (Å²) in [5, 5.41) is 3.06. The molecule has 1 rings (SSSR count). The SMILES string of the molecule is C=C(C)CNc1cccc(S(=O)(=O)N(C)C)c1N. The molecule has 18 heavy (non-hydrogen) atoms. The highest BCUT2D eigenvalue weighted by Crippen LogP contribution is 2.28. The lowest BCUT2D eigenvalue weighted by atomic mass is 10.2. The molecule has 0 aliphatic carbocycles. The number of sulfonamides is 1. The summed E-state index contributed by atoms with van der Waals surface area (Å²) in [7, 11) is -0.573. The molecule has 1 aromatic rings. The largest absolute Gasteiger partial charge is 0.396 e. The Hall–Kier alpha value is -1.53. The van der Waals surface area contributed by atoms with Crippen LogP contribution in [0, 0.1) is 0 Å². The van der Waals surface area contributed by atoms with Crippen LogP contribution in [0.3, 0.4) is 0 Å². The number of benzene rings is 1. The van der Waals surface area contributed by atoms with Gasteiger partial charge in [0.25, 0.3) is 0 Å². The van der Waals surface area contributed by atoms with E-state index >= 15 is 0 Å². The Balaban J connectivity index is 3.18. The molecule has 0 saturated heterocycles. The molecule has 0 fully saturated rings. The van der Waals surface area contributed by atoms with E-state index in [4.69, 9.17) is 5.73 Å². The van der Waals surface area contributed by atoms with Crippen LogP contribution < -0.4 is 11.1 Å². The number of nitrogens with two attached hydrogens (primary N) is 1. The fourth-order valence-corrected chi connectivity index (χ4v) is 2.40. The summed E-state index contributed by atoms with van der Waals surface area (Å²) in [5.41, 5.74) is 7.66. The van der Waals surface area contributed by atoms with Gasteiger partial charge in [0, 0.05) is 20.6 Å². The van der Waals surface area contributed by atoms with E-state index in [1.54, 1.807) is 12.1 Å². The molecule has 0 bridgehead atoms. The lowest BCUT2D eigenvalue weighted by molar-refractivity contribution is 0.521. The van der Waals surface area contributed by atoms with Crippen molar-refractivity contribution in [1.82, 2.24) is 4.31 Å². The van der Waals surface area contributed by atoms with E-state index < -0.39 is 10.0 Å². The molecule has 0 radical (unpaired) electrons. The van der Waals surface area contributed by atoms with Gasteiger partial charge in [0.05, 0.1) is 11.4 Å². The van der Waals surface area contributed by atoms with Crippen molar-refractivity contribution >= 4 is 21.4 Å². The molecule has 0 aromatic heterocycles. The predicted octanol–water partition coefficient (Wildman–Crippen LogP) is 1.51. The first kappa shape index (κ1) is 14.5. The average molecular weight is 269 g/mol. The molecule has 0 spiro atoms. The van der Waals surface area contributed by atoms with Gasteiger partial charge in [-0.05, 0) is 19.1 Å². The zero-order valence-electron chi connectivity index (χ0n) is 10.9. The van der Waals surface area contributed by atoms with E-state index in [9.17, 15) is 8.42 Å². The minimum atomic E-state index is -3.52. The molecule has 0 atom stereocenters. The smallest absolute Gasteiger partial charge is 0.244 e. The van der Waals surface area contributed by atoms with Gasteiger partial charge >= 0.3 is 0 Å². The van der Waals surface area contributed by atoms with Crippen LogP contribution in [0.1, 0.15) is 6.92 Å². The van der Waals surface area contributed by atoms with Crippen LogP contribution in [0.5, 0.6) is 0 Å². The van der Waals surface area contributed by atoms with Gasteiger partial charge in [0.1, 0.15) is 4.90 Å². The van der Waals surface area contributed by atoms with Crippen LogP contribution >= 0.6 is 0 Å². The Bertz CT molecular complexity index is 550. The standard InChI is InChI=1S/C12H19N3O2S/c1-9(2)8-14-10-6-5-7-11(12(10)13)18(16,17)15(3)4/h5-7,14H,1,8,13H2,2-4H3. The monoisotopic (exact) mass is 269 g/mol. The number of rotatable bonds is 5. The zero-order chi connectivity index (χ0) is 13.9. The number of hydrogen-bond acceptors (Lipinski definition) is 4. The second-order valence-electron chi connectivity index (χ2n) is 4.32. The van der Waals surface area contributed by atoms with Crippen LogP contribution in [0.25, 0.3) is 0 Å². The Morgan fingerprint density at radius 3 is 2.56 bits per heavy atom. The number of anilines is 2. The summed E-state index contributed by atoms with van der Waals surface area (Å²) >= 11 is 0. The first-order chi connectivity index (χ1) is 8.26. The third-order valence-corrected chi connectivity index (χ3v) is 4.28. The van der Waals surface area contributed by atoms with Crippen LogP contribution in [-0.2, 0) is 10.0 Å². The Labute approximate surface area is 108 Å². The first-order valence-electron chi connectivity index (χ1n) is 5.46. The quantitative estimate of drug-likeness (QED) is 0.627. The highest BCUT2D eigenvalue weighted by atomic mass is 32.2. The van der Waals surface area contributed by atoms with Gasteiger partial charge in [-0.25, -0.2) is 12.7 Å². The Morgan fingerprint density at radius 1 is 1.44 bits per heavy atom. The molecule has 0 aliphatic heterocycles. The van der Waals surface area contributed by atoms with Gasteiger partial charge < -0.3 is 11.1 Å². The molecule has 3 N–H and O–H groups in total. The second kappa shape index (κ2) is 5.41. The Kier molecular flexibility index (Phi) is 4.37. The lowest BCUT2D eigenvalue weighted by Crippen LogP contribution is -2.23. The van der Waals surface area contributed by atoms with Crippen molar-refractivity contribution in [3.8, 4) is 0 Å². The van der Waals surface area contributed by atoms with Crippen LogP contribution in [0.2, 0.25) is 0 Å². The first-order valence-corrected chi connectivity index (χ1v) is 6.90. The second-order valence-corrected chi connectivity index (χ2v) is 6.44. The van der Waals surface area contributed by atoms with Gasteiger partial charge in [-0.3, -0.25) is 0 Å². The summed E-state index contributed by atoms with van der Waals surface area (Å²) in [6, 6.07) is 4.90. The van der Waals surface area contributed by atoms with Gasteiger partial charge in [-0.15, -0.1) is 0 Å². The fourth-order valence-electron chi connectivity index (χ4n) is 1.37. The number of nitrogens with zero attached hydrogens (tertiary/aromatic N) is 1. The van der Waals surface area contributed by atoms with Crippen LogP contribution in [0.15, 0.2) is 35.2 Å². The van der Waals surface area contributed by atoms with E-state index in [-0.39, 0.29) is 10.6 Å². The van der Waals surface area contributed by atoms with Crippen LogP contribution in [-0.4, -0.2) is 33.4 Å². The third-order valence-electron chi connectivity index (χ3n) is 2.41. The fraction of sp³-hybridized carbons (Fsp3) is 0.333. The summed E-state index contributed by atoms with van der Waals surface area (Å²) in [6.07, 6.45) is 0. The van der Waals surface area contributed by atoms with Crippen molar-refractivity contribution in [3.63, 3.8) is 0 Å². The molecular formula is C12H19N3O2S. The minimum Gasteiger partial charge on any atom is -0.396 e. The maximum Gasteiger partial charge on any atom is 0.244 e. The van der Waals surface area contributed by atoms with E-state index in [0.717, 1.165) is 9.88 Å². The summed E-state index contributed by atoms with van der Waals surface area (Å²) in [4.78, 5) is 0.110.